The van der Waals surface area contributed by atoms with Gasteiger partial charge in [0.05, 0.1) is 6.54 Å². The van der Waals surface area contributed by atoms with Crippen LogP contribution in [0, 0.1) is 13.8 Å². The maximum atomic E-state index is 12.0. The first-order valence-corrected chi connectivity index (χ1v) is 7.91. The Morgan fingerprint density at radius 1 is 1.19 bits per heavy atom. The molecule has 1 amide bonds. The summed E-state index contributed by atoms with van der Waals surface area (Å²) in [6.07, 6.45) is 8.53. The number of anilines is 1. The van der Waals surface area contributed by atoms with Crippen molar-refractivity contribution in [2.45, 2.75) is 46.0 Å². The molecule has 114 valence electrons. The lowest BCUT2D eigenvalue weighted by atomic mass is 9.97. The van der Waals surface area contributed by atoms with Gasteiger partial charge in [-0.1, -0.05) is 29.8 Å². The van der Waals surface area contributed by atoms with E-state index in [0.717, 1.165) is 29.8 Å². The van der Waals surface area contributed by atoms with Crippen LogP contribution in [0.3, 0.4) is 0 Å². The first-order chi connectivity index (χ1) is 10.2. The maximum Gasteiger partial charge on any atom is 0.238 e. The molecule has 0 aliphatic heterocycles. The average molecular weight is 286 g/mol. The fourth-order valence-electron chi connectivity index (χ4n) is 2.78. The van der Waals surface area contributed by atoms with Crippen LogP contribution in [0.1, 0.15) is 43.2 Å². The van der Waals surface area contributed by atoms with Crippen LogP contribution in [0.15, 0.2) is 29.8 Å². The summed E-state index contributed by atoms with van der Waals surface area (Å²) in [6, 6.07) is 6.05. The second kappa shape index (κ2) is 7.99. The number of hydrogen-bond acceptors (Lipinski definition) is 2. The van der Waals surface area contributed by atoms with Crippen LogP contribution in [0.4, 0.5) is 5.69 Å². The summed E-state index contributed by atoms with van der Waals surface area (Å²) in [7, 11) is 0. The van der Waals surface area contributed by atoms with E-state index in [1.54, 1.807) is 5.57 Å². The third kappa shape index (κ3) is 5.01. The Bertz CT molecular complexity index is 500. The summed E-state index contributed by atoms with van der Waals surface area (Å²) in [5.74, 6) is 0.0324. The van der Waals surface area contributed by atoms with Crippen molar-refractivity contribution in [2.75, 3.05) is 18.4 Å². The average Bonchev–Trinajstić information content (AvgIpc) is 2.49. The van der Waals surface area contributed by atoms with E-state index in [9.17, 15) is 4.79 Å². The molecular weight excluding hydrogens is 260 g/mol. The van der Waals surface area contributed by atoms with Gasteiger partial charge in [-0.15, -0.1) is 0 Å². The summed E-state index contributed by atoms with van der Waals surface area (Å²) in [5.41, 5.74) is 4.70. The summed E-state index contributed by atoms with van der Waals surface area (Å²) in [4.78, 5) is 12.0. The lowest BCUT2D eigenvalue weighted by Crippen LogP contribution is -2.29. The Kier molecular flexibility index (Phi) is 6.00. The monoisotopic (exact) mass is 286 g/mol. The van der Waals surface area contributed by atoms with Crippen molar-refractivity contribution >= 4 is 11.6 Å². The van der Waals surface area contributed by atoms with Gasteiger partial charge >= 0.3 is 0 Å². The molecule has 0 fully saturated rings. The van der Waals surface area contributed by atoms with Crippen LogP contribution in [-0.2, 0) is 4.79 Å². The number of para-hydroxylation sites is 1. The van der Waals surface area contributed by atoms with E-state index in [1.807, 2.05) is 32.0 Å². The molecule has 3 heteroatoms. The van der Waals surface area contributed by atoms with Crippen molar-refractivity contribution in [1.82, 2.24) is 5.32 Å². The van der Waals surface area contributed by atoms with E-state index in [-0.39, 0.29) is 5.91 Å². The van der Waals surface area contributed by atoms with Crippen LogP contribution >= 0.6 is 0 Å². The number of rotatable bonds is 6. The summed E-state index contributed by atoms with van der Waals surface area (Å²) in [5, 5.41) is 6.24. The summed E-state index contributed by atoms with van der Waals surface area (Å²) >= 11 is 0. The molecule has 0 atom stereocenters. The third-order valence-electron chi connectivity index (χ3n) is 4.04. The molecule has 1 aliphatic carbocycles. The van der Waals surface area contributed by atoms with E-state index < -0.39 is 0 Å². The largest absolute Gasteiger partial charge is 0.324 e. The number of hydrogen-bond donors (Lipinski definition) is 2. The predicted octanol–water partition coefficient (Wildman–Crippen LogP) is 3.72. The Morgan fingerprint density at radius 3 is 2.62 bits per heavy atom. The van der Waals surface area contributed by atoms with E-state index in [1.165, 1.54) is 25.7 Å². The molecule has 1 aromatic rings. The highest BCUT2D eigenvalue weighted by Gasteiger charge is 2.07. The zero-order valence-electron chi connectivity index (χ0n) is 13.2. The Morgan fingerprint density at radius 2 is 1.95 bits per heavy atom. The summed E-state index contributed by atoms with van der Waals surface area (Å²) < 4.78 is 0. The Labute approximate surface area is 127 Å². The highest BCUT2D eigenvalue weighted by Crippen LogP contribution is 2.20. The Hall–Kier alpha value is -1.61. The van der Waals surface area contributed by atoms with Gasteiger partial charge in [-0.25, -0.2) is 0 Å². The van der Waals surface area contributed by atoms with Crippen molar-refractivity contribution in [3.8, 4) is 0 Å². The van der Waals surface area contributed by atoms with Gasteiger partial charge in [-0.2, -0.15) is 0 Å². The maximum absolute atomic E-state index is 12.0. The first-order valence-electron chi connectivity index (χ1n) is 7.91. The van der Waals surface area contributed by atoms with E-state index in [0.29, 0.717) is 6.54 Å². The van der Waals surface area contributed by atoms with E-state index in [2.05, 4.69) is 16.7 Å². The number of benzene rings is 1. The smallest absolute Gasteiger partial charge is 0.238 e. The molecule has 1 aromatic carbocycles. The van der Waals surface area contributed by atoms with Crippen molar-refractivity contribution < 1.29 is 4.79 Å². The second-order valence-corrected chi connectivity index (χ2v) is 5.85. The van der Waals surface area contributed by atoms with Gasteiger partial charge in [-0.3, -0.25) is 4.79 Å². The van der Waals surface area contributed by atoms with Crippen molar-refractivity contribution in [3.63, 3.8) is 0 Å². The second-order valence-electron chi connectivity index (χ2n) is 5.85. The number of amides is 1. The topological polar surface area (TPSA) is 41.1 Å². The van der Waals surface area contributed by atoms with Crippen molar-refractivity contribution in [1.29, 1.82) is 0 Å². The molecule has 0 saturated heterocycles. The number of allylic oxidation sites excluding steroid dienone is 1. The lowest BCUT2D eigenvalue weighted by Gasteiger charge is -2.14. The quantitative estimate of drug-likeness (QED) is 0.618. The molecule has 2 rings (SSSR count). The van der Waals surface area contributed by atoms with Gasteiger partial charge in [0.1, 0.15) is 0 Å². The van der Waals surface area contributed by atoms with E-state index in [4.69, 9.17) is 0 Å². The fraction of sp³-hybridized carbons (Fsp3) is 0.500. The predicted molar refractivity (Wildman–Crippen MR) is 88.6 cm³/mol. The van der Waals surface area contributed by atoms with Crippen molar-refractivity contribution in [2.24, 2.45) is 0 Å². The highest BCUT2D eigenvalue weighted by molar-refractivity contribution is 5.93. The van der Waals surface area contributed by atoms with Gasteiger partial charge in [-0.05, 0) is 63.6 Å². The molecule has 2 N–H and O–H groups in total. The van der Waals surface area contributed by atoms with Crippen LogP contribution in [-0.4, -0.2) is 19.0 Å². The molecular formula is C18H26N2O. The summed E-state index contributed by atoms with van der Waals surface area (Å²) in [6.45, 7) is 5.30. The molecule has 0 saturated carbocycles. The SMILES string of the molecule is Cc1cccc(C)c1NC(=O)CNCCC1=CCCCC1. The van der Waals surface area contributed by atoms with Gasteiger partial charge in [0, 0.05) is 5.69 Å². The van der Waals surface area contributed by atoms with Gasteiger partial charge in [0.15, 0.2) is 0 Å². The Balaban J connectivity index is 1.71. The minimum atomic E-state index is 0.0324. The minimum Gasteiger partial charge on any atom is -0.324 e. The fourth-order valence-corrected chi connectivity index (χ4v) is 2.78. The highest BCUT2D eigenvalue weighted by atomic mass is 16.1. The first kappa shape index (κ1) is 15.8. The molecule has 1 aliphatic rings. The molecule has 0 unspecified atom stereocenters. The third-order valence-corrected chi connectivity index (χ3v) is 4.04. The van der Waals surface area contributed by atoms with Gasteiger partial charge in [0.2, 0.25) is 5.91 Å². The molecule has 0 radical (unpaired) electrons. The van der Waals surface area contributed by atoms with Gasteiger partial charge < -0.3 is 10.6 Å². The standard InChI is InChI=1S/C18H26N2O/c1-14-7-6-8-15(2)18(14)20-17(21)13-19-12-11-16-9-4-3-5-10-16/h6-9,19H,3-5,10-13H2,1-2H3,(H,20,21). The minimum absolute atomic E-state index is 0.0324. The van der Waals surface area contributed by atoms with Crippen LogP contribution in [0.5, 0.6) is 0 Å². The molecule has 0 bridgehead atoms. The molecule has 3 nitrogen and oxygen atoms in total. The molecule has 21 heavy (non-hydrogen) atoms. The van der Waals surface area contributed by atoms with Crippen LogP contribution < -0.4 is 10.6 Å². The number of nitrogens with one attached hydrogen (secondary N) is 2. The van der Waals surface area contributed by atoms with E-state index >= 15 is 0 Å². The molecule has 0 aromatic heterocycles. The normalized spacial score (nSPS) is 14.7. The van der Waals surface area contributed by atoms with Crippen molar-refractivity contribution in [3.05, 3.63) is 41.0 Å². The zero-order valence-corrected chi connectivity index (χ0v) is 13.2. The number of aryl methyl sites for hydroxylation is 2. The van der Waals surface area contributed by atoms with Crippen LogP contribution in [0.2, 0.25) is 0 Å². The number of carbonyl (C=O) groups is 1. The zero-order chi connectivity index (χ0) is 15.1. The molecule has 0 heterocycles. The van der Waals surface area contributed by atoms with Gasteiger partial charge in [0.25, 0.3) is 0 Å². The number of carbonyl (C=O) groups excluding carboxylic acids is 1. The lowest BCUT2D eigenvalue weighted by molar-refractivity contribution is -0.115. The van der Waals surface area contributed by atoms with Crippen LogP contribution in [0.25, 0.3) is 0 Å². The molecule has 0 spiro atoms.